The van der Waals surface area contributed by atoms with E-state index in [9.17, 15) is 19.2 Å². The van der Waals surface area contributed by atoms with Gasteiger partial charge in [0.25, 0.3) is 5.91 Å². The van der Waals surface area contributed by atoms with E-state index >= 15 is 0 Å². The molecular formula is C18H22N4O4. The number of carbonyl (C=O) groups excluding carboxylic acids is 4. The van der Waals surface area contributed by atoms with Gasteiger partial charge in [0.2, 0.25) is 11.8 Å². The van der Waals surface area contributed by atoms with Crippen LogP contribution in [0, 0.1) is 0 Å². The molecule has 2 aliphatic rings. The van der Waals surface area contributed by atoms with E-state index in [0.717, 1.165) is 17.5 Å². The monoisotopic (exact) mass is 358 g/mol. The zero-order valence-electron chi connectivity index (χ0n) is 14.6. The summed E-state index contributed by atoms with van der Waals surface area (Å²) >= 11 is 0. The van der Waals surface area contributed by atoms with Gasteiger partial charge in [-0.25, -0.2) is 4.79 Å². The highest BCUT2D eigenvalue weighted by Gasteiger charge is 2.38. The van der Waals surface area contributed by atoms with Gasteiger partial charge < -0.3 is 15.5 Å². The first kappa shape index (κ1) is 17.9. The number of nitrogens with one attached hydrogen (secondary N) is 3. The van der Waals surface area contributed by atoms with Gasteiger partial charge in [-0.2, -0.15) is 0 Å². The Morgan fingerprint density at radius 1 is 1.27 bits per heavy atom. The maximum Gasteiger partial charge on any atom is 0.315 e. The van der Waals surface area contributed by atoms with Crippen molar-refractivity contribution in [3.63, 3.8) is 0 Å². The van der Waals surface area contributed by atoms with E-state index in [0.29, 0.717) is 31.6 Å². The molecule has 138 valence electrons. The van der Waals surface area contributed by atoms with Crippen LogP contribution in [0.4, 0.5) is 4.79 Å². The first-order valence-electron chi connectivity index (χ1n) is 8.77. The lowest BCUT2D eigenvalue weighted by Gasteiger charge is -2.29. The smallest absolute Gasteiger partial charge is 0.315 e. The van der Waals surface area contributed by atoms with Gasteiger partial charge in [0.15, 0.2) is 0 Å². The van der Waals surface area contributed by atoms with Crippen molar-refractivity contribution in [3.05, 3.63) is 34.9 Å². The number of benzene rings is 1. The molecule has 2 aliphatic heterocycles. The van der Waals surface area contributed by atoms with Gasteiger partial charge in [-0.05, 0) is 30.0 Å². The third kappa shape index (κ3) is 3.68. The predicted molar refractivity (Wildman–Crippen MR) is 93.0 cm³/mol. The molecule has 1 aromatic rings. The fourth-order valence-electron chi connectivity index (χ4n) is 3.22. The van der Waals surface area contributed by atoms with Crippen LogP contribution in [-0.2, 0) is 22.7 Å². The Bertz CT molecular complexity index is 762. The molecule has 5 amide bonds. The SMILES string of the molecule is CCCNC(=O)NCc1ccc2c(c1)CN(C1CCC(=O)NC1=O)C2=O. The van der Waals surface area contributed by atoms with E-state index in [4.69, 9.17) is 0 Å². The molecule has 8 nitrogen and oxygen atoms in total. The number of hydrogen-bond donors (Lipinski definition) is 3. The van der Waals surface area contributed by atoms with Crippen LogP contribution in [0.3, 0.4) is 0 Å². The third-order valence-corrected chi connectivity index (χ3v) is 4.58. The Morgan fingerprint density at radius 3 is 2.81 bits per heavy atom. The largest absolute Gasteiger partial charge is 0.338 e. The van der Waals surface area contributed by atoms with Crippen LogP contribution in [0.5, 0.6) is 0 Å². The van der Waals surface area contributed by atoms with Gasteiger partial charge in [-0.15, -0.1) is 0 Å². The summed E-state index contributed by atoms with van der Waals surface area (Å²) < 4.78 is 0. The highest BCUT2D eigenvalue weighted by atomic mass is 16.2. The third-order valence-electron chi connectivity index (χ3n) is 4.58. The van der Waals surface area contributed by atoms with Gasteiger partial charge in [0, 0.05) is 31.6 Å². The molecule has 0 aromatic heterocycles. The second kappa shape index (κ2) is 7.55. The van der Waals surface area contributed by atoms with Crippen molar-refractivity contribution < 1.29 is 19.2 Å². The summed E-state index contributed by atoms with van der Waals surface area (Å²) in [4.78, 5) is 49.1. The molecule has 0 aliphatic carbocycles. The summed E-state index contributed by atoms with van der Waals surface area (Å²) in [6.07, 6.45) is 1.44. The number of imide groups is 1. The highest BCUT2D eigenvalue weighted by molar-refractivity contribution is 6.05. The lowest BCUT2D eigenvalue weighted by atomic mass is 10.0. The number of piperidine rings is 1. The number of rotatable bonds is 5. The van der Waals surface area contributed by atoms with E-state index in [1.165, 1.54) is 4.90 Å². The van der Waals surface area contributed by atoms with Crippen molar-refractivity contribution in [1.29, 1.82) is 0 Å². The van der Waals surface area contributed by atoms with E-state index in [1.54, 1.807) is 12.1 Å². The Labute approximate surface area is 151 Å². The molecule has 1 fully saturated rings. The molecule has 1 unspecified atom stereocenters. The van der Waals surface area contributed by atoms with Crippen LogP contribution in [0.2, 0.25) is 0 Å². The van der Waals surface area contributed by atoms with Gasteiger partial charge in [0.1, 0.15) is 6.04 Å². The lowest BCUT2D eigenvalue weighted by molar-refractivity contribution is -0.136. The van der Waals surface area contributed by atoms with E-state index in [1.807, 2.05) is 13.0 Å². The molecule has 1 atom stereocenters. The van der Waals surface area contributed by atoms with E-state index in [-0.39, 0.29) is 24.3 Å². The fraction of sp³-hybridized carbons (Fsp3) is 0.444. The standard InChI is InChI=1S/C18H22N4O4/c1-2-7-19-18(26)20-9-11-3-4-13-12(8-11)10-22(17(13)25)14-5-6-15(23)21-16(14)24/h3-4,8,14H,2,5-7,9-10H2,1H3,(H2,19,20,26)(H,21,23,24). The minimum absolute atomic E-state index is 0.199. The second-order valence-electron chi connectivity index (χ2n) is 6.50. The van der Waals surface area contributed by atoms with Crippen molar-refractivity contribution in [2.75, 3.05) is 6.54 Å². The molecule has 0 saturated carbocycles. The topological polar surface area (TPSA) is 108 Å². The van der Waals surface area contributed by atoms with Gasteiger partial charge in [0.05, 0.1) is 0 Å². The summed E-state index contributed by atoms with van der Waals surface area (Å²) in [6.45, 7) is 3.28. The Balaban J connectivity index is 1.65. The molecule has 2 heterocycles. The van der Waals surface area contributed by atoms with Crippen LogP contribution >= 0.6 is 0 Å². The van der Waals surface area contributed by atoms with E-state index < -0.39 is 11.9 Å². The summed E-state index contributed by atoms with van der Waals surface area (Å²) in [7, 11) is 0. The minimum atomic E-state index is -0.617. The number of carbonyl (C=O) groups is 4. The number of hydrogen-bond acceptors (Lipinski definition) is 4. The molecule has 1 saturated heterocycles. The van der Waals surface area contributed by atoms with Crippen molar-refractivity contribution in [2.45, 2.75) is 45.3 Å². The number of nitrogens with zero attached hydrogens (tertiary/aromatic N) is 1. The van der Waals surface area contributed by atoms with Crippen molar-refractivity contribution in [1.82, 2.24) is 20.9 Å². The molecular weight excluding hydrogens is 336 g/mol. The maximum atomic E-state index is 12.6. The average molecular weight is 358 g/mol. The first-order valence-corrected chi connectivity index (χ1v) is 8.77. The number of amides is 5. The lowest BCUT2D eigenvalue weighted by Crippen LogP contribution is -2.52. The first-order chi connectivity index (χ1) is 12.5. The molecule has 8 heteroatoms. The van der Waals surface area contributed by atoms with Gasteiger partial charge in [-0.3, -0.25) is 19.7 Å². The molecule has 0 spiro atoms. The van der Waals surface area contributed by atoms with Crippen LogP contribution in [0.1, 0.15) is 47.7 Å². The van der Waals surface area contributed by atoms with Crippen LogP contribution in [0.25, 0.3) is 0 Å². The second-order valence-corrected chi connectivity index (χ2v) is 6.50. The minimum Gasteiger partial charge on any atom is -0.338 e. The fourth-order valence-corrected chi connectivity index (χ4v) is 3.22. The highest BCUT2D eigenvalue weighted by Crippen LogP contribution is 2.28. The van der Waals surface area contributed by atoms with Crippen LogP contribution < -0.4 is 16.0 Å². The molecule has 3 N–H and O–H groups in total. The molecule has 0 radical (unpaired) electrons. The van der Waals surface area contributed by atoms with Crippen LogP contribution in [0.15, 0.2) is 18.2 Å². The molecule has 1 aromatic carbocycles. The van der Waals surface area contributed by atoms with Crippen molar-refractivity contribution in [3.8, 4) is 0 Å². The number of fused-ring (bicyclic) bond motifs is 1. The normalized spacial score (nSPS) is 19.2. The summed E-state index contributed by atoms with van der Waals surface area (Å²) in [5.74, 6) is -0.920. The summed E-state index contributed by atoms with van der Waals surface area (Å²) in [6, 6.07) is 4.55. The summed E-state index contributed by atoms with van der Waals surface area (Å²) in [5.41, 5.74) is 2.27. The average Bonchev–Trinajstić information content (AvgIpc) is 2.94. The number of urea groups is 1. The van der Waals surface area contributed by atoms with Gasteiger partial charge >= 0.3 is 6.03 Å². The zero-order valence-corrected chi connectivity index (χ0v) is 14.6. The maximum absolute atomic E-state index is 12.6. The summed E-state index contributed by atoms with van der Waals surface area (Å²) in [5, 5.41) is 7.80. The van der Waals surface area contributed by atoms with Crippen molar-refractivity contribution in [2.24, 2.45) is 0 Å². The van der Waals surface area contributed by atoms with Crippen molar-refractivity contribution >= 4 is 23.8 Å². The van der Waals surface area contributed by atoms with E-state index in [2.05, 4.69) is 16.0 Å². The Morgan fingerprint density at radius 2 is 2.08 bits per heavy atom. The van der Waals surface area contributed by atoms with Crippen LogP contribution in [-0.4, -0.2) is 41.2 Å². The quantitative estimate of drug-likeness (QED) is 0.672. The predicted octanol–water partition coefficient (Wildman–Crippen LogP) is 0.657. The Hall–Kier alpha value is -2.90. The zero-order chi connectivity index (χ0) is 18.7. The molecule has 3 rings (SSSR count). The Kier molecular flexibility index (Phi) is 5.20. The molecule has 0 bridgehead atoms. The molecule has 26 heavy (non-hydrogen) atoms. The van der Waals surface area contributed by atoms with Gasteiger partial charge in [-0.1, -0.05) is 19.1 Å².